The Hall–Kier alpha value is -3.26. The topological polar surface area (TPSA) is 94.2 Å². The number of benzene rings is 1. The number of aromatic nitrogens is 3. The van der Waals surface area contributed by atoms with E-state index < -0.39 is 12.9 Å². The number of aryl methyl sites for hydroxylation is 2. The average molecular weight is 438 g/mol. The van der Waals surface area contributed by atoms with E-state index in [4.69, 9.17) is 4.11 Å². The number of rotatable bonds is 6. The molecule has 0 spiro atoms. The number of carbonyl (C=O) groups excluding carboxylic acids is 1. The van der Waals surface area contributed by atoms with Crippen molar-refractivity contribution < 1.29 is 8.91 Å². The molecule has 0 atom stereocenters. The van der Waals surface area contributed by atoms with Gasteiger partial charge in [-0.3, -0.25) is 14.5 Å². The van der Waals surface area contributed by atoms with Crippen molar-refractivity contribution in [1.29, 1.82) is 0 Å². The molecule has 1 aliphatic heterocycles. The zero-order valence-electron chi connectivity index (χ0n) is 21.4. The Labute approximate surface area is 191 Å². The number of pyridine rings is 1. The number of anilines is 1. The van der Waals surface area contributed by atoms with Crippen molar-refractivity contribution in [2.24, 2.45) is 0 Å². The summed E-state index contributed by atoms with van der Waals surface area (Å²) in [6, 6.07) is 9.45. The molecule has 0 radical (unpaired) electrons. The third kappa shape index (κ3) is 4.50. The molecule has 2 aromatic heterocycles. The molecule has 2 N–H and O–H groups in total. The second-order valence-corrected chi connectivity index (χ2v) is 7.95. The van der Waals surface area contributed by atoms with Crippen LogP contribution in [0.1, 0.15) is 45.4 Å². The molecule has 0 saturated carbocycles. The fourth-order valence-electron chi connectivity index (χ4n) is 4.15. The Morgan fingerprint density at radius 1 is 1.09 bits per heavy atom. The molecule has 4 rings (SSSR count). The van der Waals surface area contributed by atoms with E-state index in [0.717, 1.165) is 60.7 Å². The summed E-state index contributed by atoms with van der Waals surface area (Å²) in [4.78, 5) is 40.8. The van der Waals surface area contributed by atoms with Gasteiger partial charge in [0.15, 0.2) is 0 Å². The van der Waals surface area contributed by atoms with Crippen molar-refractivity contribution in [1.82, 2.24) is 25.2 Å². The van der Waals surface area contributed by atoms with Crippen LogP contribution in [0.15, 0.2) is 35.1 Å². The van der Waals surface area contributed by atoms with Gasteiger partial charge in [-0.05, 0) is 42.7 Å². The highest BCUT2D eigenvalue weighted by Gasteiger charge is 2.21. The largest absolute Gasteiger partial charge is 0.367 e. The minimum absolute atomic E-state index is 0.107. The summed E-state index contributed by atoms with van der Waals surface area (Å²) in [5.74, 6) is -0.700. The summed E-state index contributed by atoms with van der Waals surface area (Å²) in [7, 11) is 0. The van der Waals surface area contributed by atoms with E-state index in [1.165, 1.54) is 0 Å². The monoisotopic (exact) mass is 437 g/mol. The van der Waals surface area contributed by atoms with Crippen LogP contribution in [0.25, 0.3) is 11.0 Å². The quantitative estimate of drug-likeness (QED) is 0.614. The van der Waals surface area contributed by atoms with Gasteiger partial charge in [-0.1, -0.05) is 19.9 Å². The van der Waals surface area contributed by atoms with Crippen molar-refractivity contribution in [2.75, 3.05) is 38.1 Å². The zero-order valence-corrected chi connectivity index (χ0v) is 18.4. The fraction of sp³-hybridized carbons (Fsp3) is 0.417. The number of nitrogens with zero attached hydrogens (tertiary/aromatic N) is 4. The lowest BCUT2D eigenvalue weighted by atomic mass is 10.1. The zero-order chi connectivity index (χ0) is 25.2. The summed E-state index contributed by atoms with van der Waals surface area (Å²) < 4.78 is 21.7. The van der Waals surface area contributed by atoms with E-state index in [2.05, 4.69) is 30.8 Å². The Morgan fingerprint density at radius 3 is 2.59 bits per heavy atom. The van der Waals surface area contributed by atoms with Crippen LogP contribution in [0, 0.1) is 0 Å². The summed E-state index contributed by atoms with van der Waals surface area (Å²) in [6.45, 7) is 5.43. The first-order chi connectivity index (χ1) is 16.7. The van der Waals surface area contributed by atoms with Gasteiger partial charge in [-0.2, -0.15) is 0 Å². The van der Waals surface area contributed by atoms with E-state index >= 15 is 0 Å². The van der Waals surface area contributed by atoms with Crippen LogP contribution in [-0.2, 0) is 19.4 Å². The molecule has 1 amide bonds. The van der Waals surface area contributed by atoms with Gasteiger partial charge in [0.25, 0.3) is 11.5 Å². The predicted molar refractivity (Wildman–Crippen MR) is 126 cm³/mol. The molecule has 8 nitrogen and oxygen atoms in total. The predicted octanol–water partition coefficient (Wildman–Crippen LogP) is 2.12. The van der Waals surface area contributed by atoms with Gasteiger partial charge in [0.1, 0.15) is 11.4 Å². The maximum Gasteiger partial charge on any atom is 0.270 e. The summed E-state index contributed by atoms with van der Waals surface area (Å²) in [5.41, 5.74) is 4.94. The molecule has 1 fully saturated rings. The highest BCUT2D eigenvalue weighted by molar-refractivity contribution is 5.92. The highest BCUT2D eigenvalue weighted by Crippen LogP contribution is 2.23. The van der Waals surface area contributed by atoms with Gasteiger partial charge in [-0.25, -0.2) is 9.97 Å². The smallest absolute Gasteiger partial charge is 0.270 e. The third-order valence-corrected chi connectivity index (χ3v) is 5.91. The number of hydrogen-bond donors (Lipinski definition) is 2. The number of carbonyl (C=O) groups is 1. The number of amides is 1. The van der Waals surface area contributed by atoms with Crippen LogP contribution in [0.2, 0.25) is 0 Å². The van der Waals surface area contributed by atoms with E-state index in [-0.39, 0.29) is 11.3 Å². The van der Waals surface area contributed by atoms with Crippen LogP contribution < -0.4 is 15.8 Å². The average Bonchev–Trinajstić information content (AvgIpc) is 2.82. The standard InChI is InChI=1S/C24H30N6O2/c1-4-17-22(9-8-20(26-17)23(31)25-3)30-12-10-29(11-13-30)15-16-6-7-19-21(14-16)28-24(32)18(5-2)27-19/h6-9,14H,4-5,10-13,15H2,1-3H3,(H,25,31)(H,28,32)/i3D3. The molecule has 8 heteroatoms. The molecule has 0 bridgehead atoms. The van der Waals surface area contributed by atoms with E-state index in [1.54, 1.807) is 6.07 Å². The second-order valence-electron chi connectivity index (χ2n) is 7.95. The lowest BCUT2D eigenvalue weighted by Crippen LogP contribution is -2.46. The molecule has 3 heterocycles. The van der Waals surface area contributed by atoms with Gasteiger partial charge in [-0.15, -0.1) is 0 Å². The summed E-state index contributed by atoms with van der Waals surface area (Å²) in [5, 5.41) is 1.99. The van der Waals surface area contributed by atoms with Crippen molar-refractivity contribution in [2.45, 2.75) is 33.2 Å². The summed E-state index contributed by atoms with van der Waals surface area (Å²) in [6.07, 6.45) is 1.23. The number of hydrogen-bond acceptors (Lipinski definition) is 6. The number of H-pyrrole nitrogens is 1. The third-order valence-electron chi connectivity index (χ3n) is 5.91. The lowest BCUT2D eigenvalue weighted by Gasteiger charge is -2.36. The normalized spacial score (nSPS) is 16.4. The Balaban J connectivity index is 1.41. The first kappa shape index (κ1) is 18.3. The van der Waals surface area contributed by atoms with Gasteiger partial charge < -0.3 is 15.2 Å². The summed E-state index contributed by atoms with van der Waals surface area (Å²) >= 11 is 0. The molecule has 1 saturated heterocycles. The van der Waals surface area contributed by atoms with Crippen molar-refractivity contribution in [3.05, 3.63) is 63.3 Å². The minimum atomic E-state index is -2.55. The Bertz CT molecular complexity index is 1280. The van der Waals surface area contributed by atoms with Gasteiger partial charge in [0.05, 0.1) is 22.4 Å². The van der Waals surface area contributed by atoms with Gasteiger partial charge >= 0.3 is 0 Å². The minimum Gasteiger partial charge on any atom is -0.367 e. The maximum absolute atomic E-state index is 12.2. The first-order valence-electron chi connectivity index (χ1n) is 12.5. The molecular formula is C24H30N6O2. The number of fused-ring (bicyclic) bond motifs is 1. The van der Waals surface area contributed by atoms with Crippen LogP contribution in [0.5, 0.6) is 0 Å². The molecule has 1 aliphatic rings. The molecule has 168 valence electrons. The number of piperazine rings is 1. The second kappa shape index (κ2) is 9.48. The lowest BCUT2D eigenvalue weighted by molar-refractivity contribution is 0.0958. The molecule has 32 heavy (non-hydrogen) atoms. The number of aromatic amines is 1. The van der Waals surface area contributed by atoms with E-state index in [1.807, 2.05) is 37.4 Å². The SMILES string of the molecule is [2H]C([2H])([2H])NC(=O)c1ccc(N2CCN(Cc3ccc4nc(CC)c(=O)[nH]c4c3)CC2)c(CC)n1. The van der Waals surface area contributed by atoms with E-state index in [0.29, 0.717) is 18.5 Å². The fourth-order valence-corrected chi connectivity index (χ4v) is 4.15. The highest BCUT2D eigenvalue weighted by atomic mass is 16.1. The first-order valence-corrected chi connectivity index (χ1v) is 11.0. The van der Waals surface area contributed by atoms with Crippen LogP contribution in [0.3, 0.4) is 0 Å². The Kier molecular flexibility index (Phi) is 5.43. The molecule has 3 aromatic rings. The van der Waals surface area contributed by atoms with Gasteiger partial charge in [0.2, 0.25) is 0 Å². The van der Waals surface area contributed by atoms with E-state index in [9.17, 15) is 9.59 Å². The maximum atomic E-state index is 12.2. The van der Waals surface area contributed by atoms with Crippen LogP contribution in [-0.4, -0.2) is 58.9 Å². The molecule has 1 aromatic carbocycles. The molecule has 0 aliphatic carbocycles. The van der Waals surface area contributed by atoms with Crippen molar-refractivity contribution >= 4 is 22.6 Å². The van der Waals surface area contributed by atoms with Crippen molar-refractivity contribution in [3.63, 3.8) is 0 Å². The van der Waals surface area contributed by atoms with Crippen LogP contribution >= 0.6 is 0 Å². The van der Waals surface area contributed by atoms with Crippen LogP contribution in [0.4, 0.5) is 5.69 Å². The molecule has 0 unspecified atom stereocenters. The van der Waals surface area contributed by atoms with Gasteiger partial charge in [0, 0.05) is 43.8 Å². The Morgan fingerprint density at radius 2 is 1.88 bits per heavy atom. The number of nitrogens with one attached hydrogen (secondary N) is 2. The van der Waals surface area contributed by atoms with Crippen molar-refractivity contribution in [3.8, 4) is 0 Å². The molecular weight excluding hydrogens is 404 g/mol.